The minimum absolute atomic E-state index is 0.304. The molecule has 0 aliphatic carbocycles. The summed E-state index contributed by atoms with van der Waals surface area (Å²) in [6, 6.07) is 6.38. The van der Waals surface area contributed by atoms with E-state index in [4.69, 9.17) is 15.7 Å². The highest BCUT2D eigenvalue weighted by Gasteiger charge is 2.02. The van der Waals surface area contributed by atoms with Crippen molar-refractivity contribution >= 4 is 11.7 Å². The highest BCUT2D eigenvalue weighted by atomic mass is 16.5. The lowest BCUT2D eigenvalue weighted by atomic mass is 10.2. The van der Waals surface area contributed by atoms with Crippen LogP contribution in [-0.2, 0) is 4.79 Å². The van der Waals surface area contributed by atoms with Crippen LogP contribution in [0.1, 0.15) is 12.5 Å². The van der Waals surface area contributed by atoms with Gasteiger partial charge in [0.2, 0.25) is 0 Å². The molecule has 0 atom stereocenters. The average molecular weight is 176 g/mol. The van der Waals surface area contributed by atoms with Gasteiger partial charge in [0.25, 0.3) is 0 Å². The Bertz CT molecular complexity index is 380. The van der Waals surface area contributed by atoms with E-state index in [0.717, 1.165) is 0 Å². The van der Waals surface area contributed by atoms with Crippen LogP contribution in [0.15, 0.2) is 18.2 Å². The smallest absolute Gasteiger partial charge is 0.308 e. The van der Waals surface area contributed by atoms with Gasteiger partial charge in [0, 0.05) is 18.7 Å². The second-order valence-corrected chi connectivity index (χ2v) is 2.45. The number of ether oxygens (including phenoxy) is 1. The van der Waals surface area contributed by atoms with Gasteiger partial charge in [-0.2, -0.15) is 5.26 Å². The van der Waals surface area contributed by atoms with Gasteiger partial charge in [-0.05, 0) is 12.1 Å². The molecule has 0 spiro atoms. The van der Waals surface area contributed by atoms with Crippen LogP contribution in [0.5, 0.6) is 5.75 Å². The summed E-state index contributed by atoms with van der Waals surface area (Å²) in [6.07, 6.45) is 0. The maximum atomic E-state index is 10.6. The number of nitriles is 1. The summed E-state index contributed by atoms with van der Waals surface area (Å²) in [5.41, 5.74) is 6.15. The van der Waals surface area contributed by atoms with Crippen LogP contribution in [0, 0.1) is 11.3 Å². The number of carbonyl (C=O) groups is 1. The maximum Gasteiger partial charge on any atom is 0.308 e. The predicted molar refractivity (Wildman–Crippen MR) is 46.9 cm³/mol. The molecule has 1 aromatic carbocycles. The van der Waals surface area contributed by atoms with E-state index in [9.17, 15) is 4.79 Å². The average Bonchev–Trinajstić information content (AvgIpc) is 2.07. The van der Waals surface area contributed by atoms with Crippen LogP contribution in [0.3, 0.4) is 0 Å². The molecule has 0 unspecified atom stereocenters. The molecule has 1 aromatic rings. The zero-order chi connectivity index (χ0) is 9.84. The van der Waals surface area contributed by atoms with Gasteiger partial charge in [0.05, 0.1) is 5.56 Å². The molecule has 0 fully saturated rings. The van der Waals surface area contributed by atoms with E-state index < -0.39 is 5.97 Å². The summed E-state index contributed by atoms with van der Waals surface area (Å²) >= 11 is 0. The Hall–Kier alpha value is -2.02. The van der Waals surface area contributed by atoms with E-state index in [0.29, 0.717) is 17.0 Å². The third-order valence-electron chi connectivity index (χ3n) is 1.41. The number of esters is 1. The maximum absolute atomic E-state index is 10.6. The monoisotopic (exact) mass is 176 g/mol. The lowest BCUT2D eigenvalue weighted by molar-refractivity contribution is -0.131. The van der Waals surface area contributed by atoms with Crippen molar-refractivity contribution in [2.75, 3.05) is 5.73 Å². The van der Waals surface area contributed by atoms with Crippen molar-refractivity contribution in [1.29, 1.82) is 5.26 Å². The van der Waals surface area contributed by atoms with Crippen molar-refractivity contribution in [3.05, 3.63) is 23.8 Å². The minimum atomic E-state index is -0.423. The Morgan fingerprint density at radius 1 is 1.62 bits per heavy atom. The Kier molecular flexibility index (Phi) is 2.50. The molecular weight excluding hydrogens is 168 g/mol. The summed E-state index contributed by atoms with van der Waals surface area (Å²) in [4.78, 5) is 10.6. The Morgan fingerprint density at radius 3 is 2.85 bits per heavy atom. The Labute approximate surface area is 75.5 Å². The fraction of sp³-hybridized carbons (Fsp3) is 0.111. The molecule has 0 amide bonds. The van der Waals surface area contributed by atoms with Crippen molar-refractivity contribution < 1.29 is 9.53 Å². The fourth-order valence-electron chi connectivity index (χ4n) is 0.862. The standard InChI is InChI=1S/C9H8N2O2/c1-6(12)13-8-2-3-9(11)7(4-8)5-10/h2-4H,11H2,1H3. The summed E-state index contributed by atoms with van der Waals surface area (Å²) in [7, 11) is 0. The van der Waals surface area contributed by atoms with E-state index in [1.54, 1.807) is 0 Å². The predicted octanol–water partition coefficient (Wildman–Crippen LogP) is 1.07. The van der Waals surface area contributed by atoms with Gasteiger partial charge in [-0.3, -0.25) is 4.79 Å². The number of nitrogen functional groups attached to an aromatic ring is 1. The third kappa shape index (κ3) is 2.20. The highest BCUT2D eigenvalue weighted by Crippen LogP contribution is 2.18. The van der Waals surface area contributed by atoms with Crippen molar-refractivity contribution in [3.8, 4) is 11.8 Å². The molecule has 13 heavy (non-hydrogen) atoms. The number of carbonyl (C=O) groups excluding carboxylic acids is 1. The van der Waals surface area contributed by atoms with E-state index in [2.05, 4.69) is 0 Å². The zero-order valence-electron chi connectivity index (χ0n) is 7.07. The van der Waals surface area contributed by atoms with Crippen molar-refractivity contribution in [2.24, 2.45) is 0 Å². The van der Waals surface area contributed by atoms with Gasteiger partial charge < -0.3 is 10.5 Å². The number of rotatable bonds is 1. The molecule has 66 valence electrons. The second kappa shape index (κ2) is 3.59. The third-order valence-corrected chi connectivity index (χ3v) is 1.41. The molecule has 0 aliphatic heterocycles. The molecule has 0 saturated heterocycles. The molecule has 0 saturated carbocycles. The fourth-order valence-corrected chi connectivity index (χ4v) is 0.862. The summed E-state index contributed by atoms with van der Waals surface area (Å²) < 4.78 is 4.77. The normalized spacial score (nSPS) is 8.92. The van der Waals surface area contributed by atoms with Crippen LogP contribution in [-0.4, -0.2) is 5.97 Å². The largest absolute Gasteiger partial charge is 0.427 e. The van der Waals surface area contributed by atoms with Gasteiger partial charge in [-0.15, -0.1) is 0 Å². The Morgan fingerprint density at radius 2 is 2.31 bits per heavy atom. The van der Waals surface area contributed by atoms with Crippen molar-refractivity contribution in [3.63, 3.8) is 0 Å². The van der Waals surface area contributed by atoms with E-state index in [-0.39, 0.29) is 0 Å². The molecule has 0 bridgehead atoms. The highest BCUT2D eigenvalue weighted by molar-refractivity contribution is 5.70. The van der Waals surface area contributed by atoms with Gasteiger partial charge in [-0.1, -0.05) is 0 Å². The number of benzene rings is 1. The zero-order valence-corrected chi connectivity index (χ0v) is 7.07. The molecule has 2 N–H and O–H groups in total. The lowest BCUT2D eigenvalue weighted by Crippen LogP contribution is -2.02. The summed E-state index contributed by atoms with van der Waals surface area (Å²) in [6.45, 7) is 1.29. The van der Waals surface area contributed by atoms with Crippen LogP contribution in [0.25, 0.3) is 0 Å². The minimum Gasteiger partial charge on any atom is -0.427 e. The topological polar surface area (TPSA) is 76.1 Å². The van der Waals surface area contributed by atoms with Crippen LogP contribution in [0.2, 0.25) is 0 Å². The van der Waals surface area contributed by atoms with Gasteiger partial charge in [0.15, 0.2) is 0 Å². The molecule has 4 heteroatoms. The molecule has 0 radical (unpaired) electrons. The van der Waals surface area contributed by atoms with E-state index in [1.807, 2.05) is 6.07 Å². The molecular formula is C9H8N2O2. The first-order chi connectivity index (χ1) is 6.13. The van der Waals surface area contributed by atoms with E-state index in [1.165, 1.54) is 25.1 Å². The summed E-state index contributed by atoms with van der Waals surface area (Å²) in [5.74, 6) is -0.0908. The van der Waals surface area contributed by atoms with Crippen LogP contribution in [0.4, 0.5) is 5.69 Å². The molecule has 4 nitrogen and oxygen atoms in total. The van der Waals surface area contributed by atoms with Gasteiger partial charge >= 0.3 is 5.97 Å². The number of nitrogens with zero attached hydrogens (tertiary/aromatic N) is 1. The van der Waals surface area contributed by atoms with Crippen molar-refractivity contribution in [2.45, 2.75) is 6.92 Å². The number of hydrogen-bond acceptors (Lipinski definition) is 4. The van der Waals surface area contributed by atoms with Crippen LogP contribution < -0.4 is 10.5 Å². The second-order valence-electron chi connectivity index (χ2n) is 2.45. The quantitative estimate of drug-likeness (QED) is 0.394. The molecule has 0 aliphatic rings. The first-order valence-corrected chi connectivity index (χ1v) is 3.61. The number of hydrogen-bond donors (Lipinski definition) is 1. The molecule has 0 heterocycles. The van der Waals surface area contributed by atoms with E-state index >= 15 is 0 Å². The summed E-state index contributed by atoms with van der Waals surface area (Å²) in [5, 5.41) is 8.61. The van der Waals surface area contributed by atoms with Crippen LogP contribution >= 0.6 is 0 Å². The Balaban J connectivity index is 3.01. The first-order valence-electron chi connectivity index (χ1n) is 3.61. The lowest BCUT2D eigenvalue weighted by Gasteiger charge is -2.02. The molecule has 0 aromatic heterocycles. The van der Waals surface area contributed by atoms with Gasteiger partial charge in [0.1, 0.15) is 11.8 Å². The van der Waals surface area contributed by atoms with Gasteiger partial charge in [-0.25, -0.2) is 0 Å². The van der Waals surface area contributed by atoms with Crippen molar-refractivity contribution in [1.82, 2.24) is 0 Å². The molecule has 1 rings (SSSR count). The SMILES string of the molecule is CC(=O)Oc1ccc(N)c(C#N)c1. The number of nitrogens with two attached hydrogens (primary N) is 1. The first kappa shape index (κ1) is 9.07. The number of anilines is 1.